The van der Waals surface area contributed by atoms with Crippen LogP contribution >= 0.6 is 23.4 Å². The van der Waals surface area contributed by atoms with E-state index < -0.39 is 10.0 Å². The molecule has 0 heterocycles. The number of thioether (sulfide) groups is 1. The van der Waals surface area contributed by atoms with Crippen molar-refractivity contribution < 1.29 is 13.2 Å². The van der Waals surface area contributed by atoms with Crippen molar-refractivity contribution in [2.45, 2.75) is 23.5 Å². The fourth-order valence-electron chi connectivity index (χ4n) is 2.19. The molecule has 1 N–H and O–H groups in total. The van der Waals surface area contributed by atoms with Gasteiger partial charge in [0.2, 0.25) is 15.9 Å². The number of hydrogen-bond acceptors (Lipinski definition) is 4. The Hall–Kier alpha value is -1.70. The van der Waals surface area contributed by atoms with Gasteiger partial charge in [0, 0.05) is 22.7 Å². The second-order valence-electron chi connectivity index (χ2n) is 5.74. The van der Waals surface area contributed by atoms with E-state index in [2.05, 4.69) is 5.32 Å². The summed E-state index contributed by atoms with van der Waals surface area (Å²) in [6.07, 6.45) is 1.79. The molecule has 0 radical (unpaired) electrons. The Bertz CT molecular complexity index is 870. The molecule has 2 aromatic carbocycles. The lowest BCUT2D eigenvalue weighted by Crippen LogP contribution is -2.26. The van der Waals surface area contributed by atoms with Crippen LogP contribution in [0.1, 0.15) is 13.3 Å². The molecular weight excluding hydrogens is 392 g/mol. The second-order valence-corrected chi connectivity index (χ2v) is 9.47. The van der Waals surface area contributed by atoms with Crippen molar-refractivity contribution in [3.63, 3.8) is 0 Å². The number of carbonyl (C=O) groups is 1. The lowest BCUT2D eigenvalue weighted by atomic mass is 10.2. The first-order valence-electron chi connectivity index (χ1n) is 7.97. The molecule has 140 valence electrons. The number of amides is 1. The molecule has 0 saturated carbocycles. The summed E-state index contributed by atoms with van der Waals surface area (Å²) < 4.78 is 24.5. The number of rotatable bonds is 7. The summed E-state index contributed by atoms with van der Waals surface area (Å²) in [7, 11) is -1.89. The quantitative estimate of drug-likeness (QED) is 0.690. The average Bonchev–Trinajstić information content (AvgIpc) is 2.60. The van der Waals surface area contributed by atoms with Crippen molar-refractivity contribution in [2.24, 2.45) is 0 Å². The third-order valence-electron chi connectivity index (χ3n) is 3.73. The molecule has 0 spiro atoms. The molecule has 0 saturated heterocycles. The zero-order chi connectivity index (χ0) is 19.3. The van der Waals surface area contributed by atoms with Gasteiger partial charge in [-0.2, -0.15) is 0 Å². The van der Waals surface area contributed by atoms with Crippen molar-refractivity contribution in [2.75, 3.05) is 22.9 Å². The highest BCUT2D eigenvalue weighted by molar-refractivity contribution is 8.00. The molecule has 2 rings (SSSR count). The number of hydrogen-bond donors (Lipinski definition) is 1. The Kier molecular flexibility index (Phi) is 6.97. The van der Waals surface area contributed by atoms with Gasteiger partial charge in [0.25, 0.3) is 0 Å². The van der Waals surface area contributed by atoms with Crippen LogP contribution in [0.3, 0.4) is 0 Å². The van der Waals surface area contributed by atoms with Crippen molar-refractivity contribution in [3.8, 4) is 0 Å². The van der Waals surface area contributed by atoms with E-state index in [1.807, 2.05) is 19.1 Å². The summed E-state index contributed by atoms with van der Waals surface area (Å²) in [5, 5.41) is 3.24. The highest BCUT2D eigenvalue weighted by Gasteiger charge is 2.19. The van der Waals surface area contributed by atoms with E-state index in [4.69, 9.17) is 11.6 Å². The molecular formula is C18H21ClN2O3S2. The number of anilines is 2. The van der Waals surface area contributed by atoms with Gasteiger partial charge in [-0.3, -0.25) is 9.10 Å². The maximum absolute atomic E-state index is 12.6. The van der Waals surface area contributed by atoms with Crippen LogP contribution < -0.4 is 9.62 Å². The minimum absolute atomic E-state index is 0.133. The molecule has 1 unspecified atom stereocenters. The van der Waals surface area contributed by atoms with Crippen molar-refractivity contribution in [3.05, 3.63) is 53.6 Å². The largest absolute Gasteiger partial charge is 0.325 e. The van der Waals surface area contributed by atoms with Crippen LogP contribution in [0.15, 0.2) is 53.4 Å². The summed E-state index contributed by atoms with van der Waals surface area (Å²) in [6.45, 7) is 1.95. The Balaban J connectivity index is 2.11. The normalized spacial score (nSPS) is 12.5. The Morgan fingerprint density at radius 1 is 1.23 bits per heavy atom. The zero-order valence-electron chi connectivity index (χ0n) is 14.8. The van der Waals surface area contributed by atoms with Crippen LogP contribution in [0.4, 0.5) is 11.4 Å². The average molecular weight is 413 g/mol. The minimum Gasteiger partial charge on any atom is -0.325 e. The number of benzene rings is 2. The molecule has 1 amide bonds. The number of sulfonamides is 1. The Labute approximate surface area is 163 Å². The summed E-state index contributed by atoms with van der Waals surface area (Å²) >= 11 is 7.35. The van der Waals surface area contributed by atoms with Gasteiger partial charge in [0.05, 0.1) is 17.2 Å². The van der Waals surface area contributed by atoms with Gasteiger partial charge in [0.1, 0.15) is 0 Å². The summed E-state index contributed by atoms with van der Waals surface area (Å²) in [4.78, 5) is 13.6. The first-order chi connectivity index (χ1) is 12.2. The molecule has 8 heteroatoms. The third-order valence-corrected chi connectivity index (χ3v) is 6.56. The summed E-state index contributed by atoms with van der Waals surface area (Å²) in [5.41, 5.74) is 1.04. The second kappa shape index (κ2) is 8.79. The minimum atomic E-state index is -3.36. The molecule has 0 fully saturated rings. The van der Waals surface area contributed by atoms with Crippen LogP contribution in [-0.2, 0) is 14.8 Å². The lowest BCUT2D eigenvalue weighted by Gasteiger charge is -2.19. The molecule has 0 aromatic heterocycles. The van der Waals surface area contributed by atoms with Crippen molar-refractivity contribution >= 4 is 50.7 Å². The predicted molar refractivity (Wildman–Crippen MR) is 110 cm³/mol. The number of nitrogens with zero attached hydrogens (tertiary/aromatic N) is 1. The SMILES string of the molecule is CCC(Sc1ccc(Cl)cc1)C(=O)Nc1cccc(N(C)S(C)(=O)=O)c1. The summed E-state index contributed by atoms with van der Waals surface area (Å²) in [6, 6.07) is 14.1. The number of nitrogens with one attached hydrogen (secondary N) is 1. The molecule has 0 aliphatic heterocycles. The van der Waals surface area contributed by atoms with Gasteiger partial charge in [-0.25, -0.2) is 8.42 Å². The Morgan fingerprint density at radius 2 is 1.88 bits per heavy atom. The smallest absolute Gasteiger partial charge is 0.237 e. The van der Waals surface area contributed by atoms with Gasteiger partial charge in [0.15, 0.2) is 0 Å². The maximum atomic E-state index is 12.6. The van der Waals surface area contributed by atoms with E-state index in [9.17, 15) is 13.2 Å². The van der Waals surface area contributed by atoms with Crippen LogP contribution in [-0.4, -0.2) is 32.9 Å². The van der Waals surface area contributed by atoms with Crippen molar-refractivity contribution in [1.82, 2.24) is 0 Å². The van der Waals surface area contributed by atoms with Crippen LogP contribution in [0.5, 0.6) is 0 Å². The van der Waals surface area contributed by atoms with E-state index in [-0.39, 0.29) is 11.2 Å². The van der Waals surface area contributed by atoms with E-state index in [1.165, 1.54) is 23.1 Å². The molecule has 0 aliphatic carbocycles. The standard InChI is InChI=1S/C18H21ClN2O3S2/c1-4-17(25-16-10-8-13(19)9-11-16)18(22)20-14-6-5-7-15(12-14)21(2)26(3,23)24/h5-12,17H,4H2,1-3H3,(H,20,22). The molecule has 0 bridgehead atoms. The van der Waals surface area contributed by atoms with Crippen LogP contribution in [0, 0.1) is 0 Å². The van der Waals surface area contributed by atoms with E-state index >= 15 is 0 Å². The van der Waals surface area contributed by atoms with Crippen LogP contribution in [0.25, 0.3) is 0 Å². The van der Waals surface area contributed by atoms with E-state index in [0.717, 1.165) is 11.2 Å². The molecule has 0 aliphatic rings. The zero-order valence-corrected chi connectivity index (χ0v) is 17.2. The van der Waals surface area contributed by atoms with Gasteiger partial charge in [-0.1, -0.05) is 24.6 Å². The predicted octanol–water partition coefficient (Wildman–Crippen LogP) is 4.25. The topological polar surface area (TPSA) is 66.5 Å². The van der Waals surface area contributed by atoms with Gasteiger partial charge >= 0.3 is 0 Å². The number of carbonyl (C=O) groups excluding carboxylic acids is 1. The lowest BCUT2D eigenvalue weighted by molar-refractivity contribution is -0.115. The molecule has 26 heavy (non-hydrogen) atoms. The van der Waals surface area contributed by atoms with Crippen molar-refractivity contribution in [1.29, 1.82) is 0 Å². The molecule has 2 aromatic rings. The monoisotopic (exact) mass is 412 g/mol. The first-order valence-corrected chi connectivity index (χ1v) is 11.1. The fourth-order valence-corrected chi connectivity index (χ4v) is 3.77. The van der Waals surface area contributed by atoms with E-state index in [0.29, 0.717) is 22.8 Å². The molecule has 1 atom stereocenters. The van der Waals surface area contributed by atoms with Gasteiger partial charge < -0.3 is 5.32 Å². The number of halogens is 1. The maximum Gasteiger partial charge on any atom is 0.237 e. The third kappa shape index (κ3) is 5.65. The highest BCUT2D eigenvalue weighted by atomic mass is 35.5. The molecule has 5 nitrogen and oxygen atoms in total. The van der Waals surface area contributed by atoms with Gasteiger partial charge in [-0.15, -0.1) is 11.8 Å². The summed E-state index contributed by atoms with van der Waals surface area (Å²) in [5.74, 6) is -0.133. The van der Waals surface area contributed by atoms with E-state index in [1.54, 1.807) is 36.4 Å². The first kappa shape index (κ1) is 20.6. The Morgan fingerprint density at radius 3 is 2.46 bits per heavy atom. The van der Waals surface area contributed by atoms with Gasteiger partial charge in [-0.05, 0) is 48.9 Å². The van der Waals surface area contributed by atoms with Crippen LogP contribution in [0.2, 0.25) is 5.02 Å². The fraction of sp³-hybridized carbons (Fsp3) is 0.278. The highest BCUT2D eigenvalue weighted by Crippen LogP contribution is 2.28.